The van der Waals surface area contributed by atoms with Crippen molar-refractivity contribution >= 4 is 5.91 Å². The number of aromatic nitrogens is 4. The van der Waals surface area contributed by atoms with Gasteiger partial charge in [-0.15, -0.1) is 0 Å². The van der Waals surface area contributed by atoms with Gasteiger partial charge in [0, 0.05) is 48.6 Å². The van der Waals surface area contributed by atoms with Crippen molar-refractivity contribution in [2.75, 3.05) is 13.1 Å². The molecule has 0 spiro atoms. The molecule has 1 saturated heterocycles. The van der Waals surface area contributed by atoms with Crippen molar-refractivity contribution < 1.29 is 22.5 Å². The molecule has 0 radical (unpaired) electrons. The second kappa shape index (κ2) is 8.07. The van der Waals surface area contributed by atoms with E-state index in [1.165, 1.54) is 30.7 Å². The number of hydrogen-bond acceptors (Lipinski definition) is 5. The van der Waals surface area contributed by atoms with Crippen LogP contribution in [-0.2, 0) is 19.1 Å². The third-order valence-electron chi connectivity index (χ3n) is 6.24. The Morgan fingerprint density at radius 2 is 1.81 bits per heavy atom. The predicted molar refractivity (Wildman–Crippen MR) is 108 cm³/mol. The first-order chi connectivity index (χ1) is 15.4. The van der Waals surface area contributed by atoms with Crippen LogP contribution in [0.3, 0.4) is 0 Å². The van der Waals surface area contributed by atoms with Crippen molar-refractivity contribution in [2.45, 2.75) is 50.7 Å². The molecule has 0 N–H and O–H groups in total. The van der Waals surface area contributed by atoms with E-state index >= 15 is 0 Å². The number of halogens is 3. The number of imidazole rings is 1. The van der Waals surface area contributed by atoms with Crippen LogP contribution in [0.4, 0.5) is 13.2 Å². The second-order valence-corrected chi connectivity index (χ2v) is 8.28. The SMILES string of the molecule is O=C(c1ccc(-c2noc(C(F)(F)F)n2)cc1)N1CCC(c2ncc3n2CCCC3)CC1. The fraction of sp³-hybridized carbons (Fsp3) is 0.455. The van der Waals surface area contributed by atoms with Crippen molar-refractivity contribution in [1.82, 2.24) is 24.6 Å². The number of carbonyl (C=O) groups is 1. The minimum Gasteiger partial charge on any atom is -0.339 e. The average Bonchev–Trinajstić information content (AvgIpc) is 3.47. The van der Waals surface area contributed by atoms with Crippen molar-refractivity contribution in [2.24, 2.45) is 0 Å². The molecule has 0 bridgehead atoms. The molecule has 2 aliphatic heterocycles. The lowest BCUT2D eigenvalue weighted by Crippen LogP contribution is -2.38. The van der Waals surface area contributed by atoms with Gasteiger partial charge >= 0.3 is 12.1 Å². The number of aryl methyl sites for hydroxylation is 1. The van der Waals surface area contributed by atoms with Gasteiger partial charge in [0.05, 0.1) is 0 Å². The van der Waals surface area contributed by atoms with Crippen LogP contribution in [0, 0.1) is 0 Å². The molecule has 2 aromatic heterocycles. The Bertz CT molecular complexity index is 1110. The molecule has 7 nitrogen and oxygen atoms in total. The van der Waals surface area contributed by atoms with Crippen molar-refractivity contribution in [1.29, 1.82) is 0 Å². The second-order valence-electron chi connectivity index (χ2n) is 8.28. The Labute approximate surface area is 182 Å². The molecule has 5 rings (SSSR count). The molecule has 32 heavy (non-hydrogen) atoms. The van der Waals surface area contributed by atoms with Crippen LogP contribution in [0.15, 0.2) is 35.0 Å². The molecular weight excluding hydrogens is 423 g/mol. The van der Waals surface area contributed by atoms with Crippen LogP contribution in [0.5, 0.6) is 0 Å². The van der Waals surface area contributed by atoms with E-state index in [4.69, 9.17) is 0 Å². The van der Waals surface area contributed by atoms with Gasteiger partial charge in [0.15, 0.2) is 0 Å². The summed E-state index contributed by atoms with van der Waals surface area (Å²) < 4.78 is 44.5. The van der Waals surface area contributed by atoms with Crippen molar-refractivity contribution in [3.05, 3.63) is 53.4 Å². The molecule has 4 heterocycles. The predicted octanol–water partition coefficient (Wildman–Crippen LogP) is 4.31. The van der Waals surface area contributed by atoms with Gasteiger partial charge in [0.2, 0.25) is 5.82 Å². The van der Waals surface area contributed by atoms with Crippen LogP contribution >= 0.6 is 0 Å². The highest BCUT2D eigenvalue weighted by atomic mass is 19.4. The largest absolute Gasteiger partial charge is 0.471 e. The zero-order chi connectivity index (χ0) is 22.3. The minimum absolute atomic E-state index is 0.0933. The van der Waals surface area contributed by atoms with E-state index in [2.05, 4.69) is 24.2 Å². The zero-order valence-corrected chi connectivity index (χ0v) is 17.3. The minimum atomic E-state index is -4.69. The van der Waals surface area contributed by atoms with Crippen LogP contribution in [0.2, 0.25) is 0 Å². The lowest BCUT2D eigenvalue weighted by Gasteiger charge is -2.32. The van der Waals surface area contributed by atoms with Crippen LogP contribution in [0.1, 0.15) is 59.4 Å². The lowest BCUT2D eigenvalue weighted by atomic mass is 9.95. The maximum Gasteiger partial charge on any atom is 0.471 e. The first-order valence-corrected chi connectivity index (χ1v) is 10.7. The van der Waals surface area contributed by atoms with Gasteiger partial charge in [-0.2, -0.15) is 18.2 Å². The van der Waals surface area contributed by atoms with Crippen LogP contribution in [0.25, 0.3) is 11.4 Å². The number of carbonyl (C=O) groups excluding carboxylic acids is 1. The maximum absolute atomic E-state index is 12.9. The van der Waals surface area contributed by atoms with Gasteiger partial charge in [0.25, 0.3) is 5.91 Å². The van der Waals surface area contributed by atoms with Crippen molar-refractivity contribution in [3.8, 4) is 11.4 Å². The maximum atomic E-state index is 12.9. The van der Waals surface area contributed by atoms with Crippen LogP contribution in [-0.4, -0.2) is 43.6 Å². The summed E-state index contributed by atoms with van der Waals surface area (Å²) in [5, 5.41) is 3.37. The molecule has 168 valence electrons. The van der Waals surface area contributed by atoms with Gasteiger partial charge in [-0.25, -0.2) is 4.98 Å². The molecule has 3 aromatic rings. The monoisotopic (exact) mass is 445 g/mol. The van der Waals surface area contributed by atoms with Gasteiger partial charge in [-0.05, 0) is 44.2 Å². The van der Waals surface area contributed by atoms with Gasteiger partial charge < -0.3 is 14.0 Å². The molecule has 0 atom stereocenters. The molecule has 0 saturated carbocycles. The number of amides is 1. The molecule has 0 unspecified atom stereocenters. The summed E-state index contributed by atoms with van der Waals surface area (Å²) in [7, 11) is 0. The molecule has 1 aromatic carbocycles. The van der Waals surface area contributed by atoms with E-state index in [0.717, 1.165) is 31.6 Å². The number of hydrogen-bond donors (Lipinski definition) is 0. The smallest absolute Gasteiger partial charge is 0.339 e. The number of likely N-dealkylation sites (tertiary alicyclic amines) is 1. The Balaban J connectivity index is 1.23. The lowest BCUT2D eigenvalue weighted by molar-refractivity contribution is -0.159. The van der Waals surface area contributed by atoms with E-state index in [-0.39, 0.29) is 11.7 Å². The first kappa shape index (κ1) is 20.7. The van der Waals surface area contributed by atoms with E-state index in [0.29, 0.717) is 30.1 Å². The number of benzene rings is 1. The van der Waals surface area contributed by atoms with E-state index in [9.17, 15) is 18.0 Å². The number of rotatable bonds is 3. The zero-order valence-electron chi connectivity index (χ0n) is 17.3. The molecular formula is C22H22F3N5O2. The number of fused-ring (bicyclic) bond motifs is 1. The normalized spacial score (nSPS) is 17.4. The first-order valence-electron chi connectivity index (χ1n) is 10.7. The number of alkyl halides is 3. The topological polar surface area (TPSA) is 77.1 Å². The van der Waals surface area contributed by atoms with E-state index < -0.39 is 12.1 Å². The Morgan fingerprint density at radius 1 is 1.06 bits per heavy atom. The summed E-state index contributed by atoms with van der Waals surface area (Å²) in [6.45, 7) is 2.32. The highest BCUT2D eigenvalue weighted by Crippen LogP contribution is 2.31. The summed E-state index contributed by atoms with van der Waals surface area (Å²) in [4.78, 5) is 22.8. The fourth-order valence-electron chi connectivity index (χ4n) is 4.53. The number of piperidine rings is 1. The van der Waals surface area contributed by atoms with Gasteiger partial charge in [-0.1, -0.05) is 17.3 Å². The highest BCUT2D eigenvalue weighted by Gasteiger charge is 2.38. The summed E-state index contributed by atoms with van der Waals surface area (Å²) in [6, 6.07) is 6.22. The quantitative estimate of drug-likeness (QED) is 0.601. The highest BCUT2D eigenvalue weighted by molar-refractivity contribution is 5.94. The molecule has 1 fully saturated rings. The Hall–Kier alpha value is -3.17. The molecule has 1 amide bonds. The number of nitrogens with zero attached hydrogens (tertiary/aromatic N) is 5. The van der Waals surface area contributed by atoms with Crippen molar-refractivity contribution in [3.63, 3.8) is 0 Å². The molecule has 0 aliphatic carbocycles. The third kappa shape index (κ3) is 3.89. The van der Waals surface area contributed by atoms with Crippen LogP contribution < -0.4 is 0 Å². The standard InChI is InChI=1S/C22H22F3N5O2/c23-22(24,25)21-27-18(28-32-21)14-4-6-16(7-5-14)20(31)29-11-8-15(9-12-29)19-26-13-17-3-1-2-10-30(17)19/h4-7,13,15H,1-3,8-12H2. The summed E-state index contributed by atoms with van der Waals surface area (Å²) in [5.41, 5.74) is 2.14. The summed E-state index contributed by atoms with van der Waals surface area (Å²) in [5.74, 6) is -0.150. The van der Waals surface area contributed by atoms with E-state index in [1.54, 1.807) is 12.1 Å². The molecule has 10 heteroatoms. The summed E-state index contributed by atoms with van der Waals surface area (Å²) in [6.07, 6.45) is 2.52. The third-order valence-corrected chi connectivity index (χ3v) is 6.24. The Morgan fingerprint density at radius 3 is 2.50 bits per heavy atom. The molecule has 2 aliphatic rings. The van der Waals surface area contributed by atoms with Gasteiger partial charge in [-0.3, -0.25) is 4.79 Å². The Kier molecular flexibility index (Phi) is 5.22. The average molecular weight is 445 g/mol. The van der Waals surface area contributed by atoms with E-state index in [1.807, 2.05) is 11.1 Å². The van der Waals surface area contributed by atoms with Gasteiger partial charge in [0.1, 0.15) is 5.82 Å². The summed E-state index contributed by atoms with van der Waals surface area (Å²) >= 11 is 0. The fourth-order valence-corrected chi connectivity index (χ4v) is 4.53.